The average Bonchev–Trinajstić information content (AvgIpc) is 2.64. The Labute approximate surface area is 98.6 Å². The number of benzene rings is 1. The van der Waals surface area contributed by atoms with Crippen LogP contribution < -0.4 is 5.73 Å². The third-order valence-electron chi connectivity index (χ3n) is 2.71. The zero-order valence-corrected chi connectivity index (χ0v) is 9.44. The zero-order chi connectivity index (χ0) is 11.7. The molecule has 5 heteroatoms. The molecule has 3 N–H and O–H groups in total. The van der Waals surface area contributed by atoms with Gasteiger partial charge in [0.15, 0.2) is 0 Å². The summed E-state index contributed by atoms with van der Waals surface area (Å²) in [6, 6.07) is 4.98. The van der Waals surface area contributed by atoms with Crippen LogP contribution in [0, 0.1) is 0 Å². The van der Waals surface area contributed by atoms with E-state index in [0.29, 0.717) is 35.8 Å². The molecule has 1 aromatic carbocycles. The van der Waals surface area contributed by atoms with Gasteiger partial charge in [-0.05, 0) is 18.6 Å². The van der Waals surface area contributed by atoms with Gasteiger partial charge in [-0.1, -0.05) is 17.7 Å². The van der Waals surface area contributed by atoms with Crippen molar-refractivity contribution in [3.8, 4) is 0 Å². The van der Waals surface area contributed by atoms with Gasteiger partial charge in [0, 0.05) is 18.8 Å². The molecule has 0 saturated carbocycles. The molecule has 1 amide bonds. The smallest absolute Gasteiger partial charge is 0.257 e. The van der Waals surface area contributed by atoms with Crippen LogP contribution in [0.1, 0.15) is 16.8 Å². The van der Waals surface area contributed by atoms with Gasteiger partial charge in [-0.3, -0.25) is 4.79 Å². The van der Waals surface area contributed by atoms with E-state index in [4.69, 9.17) is 17.3 Å². The van der Waals surface area contributed by atoms with Gasteiger partial charge in [-0.15, -0.1) is 0 Å². The third kappa shape index (κ3) is 1.99. The van der Waals surface area contributed by atoms with E-state index in [2.05, 4.69) is 0 Å². The first kappa shape index (κ1) is 11.2. The predicted molar refractivity (Wildman–Crippen MR) is 62.4 cm³/mol. The minimum atomic E-state index is -0.437. The molecule has 2 rings (SSSR count). The summed E-state index contributed by atoms with van der Waals surface area (Å²) >= 11 is 5.95. The van der Waals surface area contributed by atoms with Crippen LogP contribution in [0.5, 0.6) is 0 Å². The van der Waals surface area contributed by atoms with Gasteiger partial charge in [-0.2, -0.15) is 0 Å². The average molecular weight is 241 g/mol. The second-order valence-corrected chi connectivity index (χ2v) is 4.30. The number of likely N-dealkylation sites (tertiary alicyclic amines) is 1. The van der Waals surface area contributed by atoms with E-state index in [9.17, 15) is 9.90 Å². The van der Waals surface area contributed by atoms with Crippen LogP contribution in [-0.4, -0.2) is 35.1 Å². The van der Waals surface area contributed by atoms with Crippen molar-refractivity contribution in [2.24, 2.45) is 0 Å². The number of aliphatic hydroxyl groups excluding tert-OH is 1. The fourth-order valence-electron chi connectivity index (χ4n) is 1.85. The van der Waals surface area contributed by atoms with E-state index in [-0.39, 0.29) is 5.91 Å². The second-order valence-electron chi connectivity index (χ2n) is 3.90. The number of β-amino-alcohol motifs (C(OH)–C–C–N with tert-alkyl or cyclic N) is 1. The molecule has 0 bridgehead atoms. The lowest BCUT2D eigenvalue weighted by Crippen LogP contribution is -2.30. The van der Waals surface area contributed by atoms with Crippen LogP contribution >= 0.6 is 11.6 Å². The number of carbonyl (C=O) groups is 1. The second kappa shape index (κ2) is 4.31. The number of aliphatic hydroxyl groups is 1. The molecule has 1 saturated heterocycles. The minimum absolute atomic E-state index is 0.209. The molecule has 0 spiro atoms. The molecule has 4 nitrogen and oxygen atoms in total. The van der Waals surface area contributed by atoms with Crippen LogP contribution in [0.15, 0.2) is 18.2 Å². The van der Waals surface area contributed by atoms with E-state index < -0.39 is 6.10 Å². The normalized spacial score (nSPS) is 20.1. The molecular formula is C11H13ClN2O2. The van der Waals surface area contributed by atoms with Crippen LogP contribution in [0.2, 0.25) is 5.02 Å². The van der Waals surface area contributed by atoms with Crippen LogP contribution in [0.3, 0.4) is 0 Å². The molecule has 1 aliphatic rings. The molecule has 1 aromatic rings. The van der Waals surface area contributed by atoms with Gasteiger partial charge in [-0.25, -0.2) is 0 Å². The quantitative estimate of drug-likeness (QED) is 0.724. The van der Waals surface area contributed by atoms with Crippen molar-refractivity contribution in [2.75, 3.05) is 18.8 Å². The number of nitrogen functional groups attached to an aromatic ring is 1. The summed E-state index contributed by atoms with van der Waals surface area (Å²) < 4.78 is 0. The van der Waals surface area contributed by atoms with Crippen LogP contribution in [0.4, 0.5) is 5.69 Å². The Morgan fingerprint density at radius 2 is 2.31 bits per heavy atom. The number of hydrogen-bond acceptors (Lipinski definition) is 3. The lowest BCUT2D eigenvalue weighted by atomic mass is 10.1. The Morgan fingerprint density at radius 1 is 1.56 bits per heavy atom. The molecule has 86 valence electrons. The molecule has 0 radical (unpaired) electrons. The lowest BCUT2D eigenvalue weighted by Gasteiger charge is -2.17. The highest BCUT2D eigenvalue weighted by Gasteiger charge is 2.27. The molecule has 1 heterocycles. The van der Waals surface area contributed by atoms with E-state index in [1.807, 2.05) is 0 Å². The standard InChI is InChI=1S/C11H13ClN2O2/c12-8-2-1-3-9(13)10(8)11(16)14-5-4-7(15)6-14/h1-3,7,15H,4-6,13H2/t7-/m0/s1. The van der Waals surface area contributed by atoms with Gasteiger partial charge < -0.3 is 15.7 Å². The number of carbonyl (C=O) groups excluding carboxylic acids is 1. The van der Waals surface area contributed by atoms with Gasteiger partial charge in [0.05, 0.1) is 16.7 Å². The van der Waals surface area contributed by atoms with Crippen molar-refractivity contribution in [2.45, 2.75) is 12.5 Å². The van der Waals surface area contributed by atoms with E-state index in [1.54, 1.807) is 23.1 Å². The number of nitrogens with zero attached hydrogens (tertiary/aromatic N) is 1. The number of hydrogen-bond donors (Lipinski definition) is 2. The maximum atomic E-state index is 12.1. The van der Waals surface area contributed by atoms with E-state index in [0.717, 1.165) is 0 Å². The Kier molecular flexibility index (Phi) is 3.03. The summed E-state index contributed by atoms with van der Waals surface area (Å²) in [5.41, 5.74) is 6.44. The maximum Gasteiger partial charge on any atom is 0.257 e. The third-order valence-corrected chi connectivity index (χ3v) is 3.03. The molecule has 0 unspecified atom stereocenters. The Morgan fingerprint density at radius 3 is 2.88 bits per heavy atom. The van der Waals surface area contributed by atoms with E-state index in [1.165, 1.54) is 0 Å². The number of halogens is 1. The summed E-state index contributed by atoms with van der Waals surface area (Å²) in [7, 11) is 0. The summed E-state index contributed by atoms with van der Waals surface area (Å²) in [6.07, 6.45) is 0.170. The van der Waals surface area contributed by atoms with Crippen molar-refractivity contribution in [3.63, 3.8) is 0 Å². The molecule has 0 aliphatic carbocycles. The van der Waals surface area contributed by atoms with E-state index >= 15 is 0 Å². The van der Waals surface area contributed by atoms with Crippen molar-refractivity contribution in [1.29, 1.82) is 0 Å². The monoisotopic (exact) mass is 240 g/mol. The number of anilines is 1. The first-order chi connectivity index (χ1) is 7.59. The summed E-state index contributed by atoms with van der Waals surface area (Å²) in [6.45, 7) is 0.897. The summed E-state index contributed by atoms with van der Waals surface area (Å²) in [5.74, 6) is -0.209. The largest absolute Gasteiger partial charge is 0.398 e. The van der Waals surface area contributed by atoms with Gasteiger partial charge in [0.25, 0.3) is 5.91 Å². The maximum absolute atomic E-state index is 12.1. The van der Waals surface area contributed by atoms with Crippen molar-refractivity contribution >= 4 is 23.2 Å². The topological polar surface area (TPSA) is 66.6 Å². The summed E-state index contributed by atoms with van der Waals surface area (Å²) in [5, 5.41) is 9.73. The zero-order valence-electron chi connectivity index (χ0n) is 8.69. The molecule has 0 aromatic heterocycles. The highest BCUT2D eigenvalue weighted by Crippen LogP contribution is 2.25. The molecule has 1 fully saturated rings. The fraction of sp³-hybridized carbons (Fsp3) is 0.364. The van der Waals surface area contributed by atoms with Crippen molar-refractivity contribution in [1.82, 2.24) is 4.90 Å². The number of nitrogens with two attached hydrogens (primary N) is 1. The minimum Gasteiger partial charge on any atom is -0.398 e. The number of amides is 1. The van der Waals surface area contributed by atoms with Crippen molar-refractivity contribution in [3.05, 3.63) is 28.8 Å². The SMILES string of the molecule is Nc1cccc(Cl)c1C(=O)N1CC[C@H](O)C1. The van der Waals surface area contributed by atoms with Crippen LogP contribution in [0.25, 0.3) is 0 Å². The fourth-order valence-corrected chi connectivity index (χ4v) is 2.11. The number of rotatable bonds is 1. The van der Waals surface area contributed by atoms with Gasteiger partial charge in [0.2, 0.25) is 0 Å². The summed E-state index contributed by atoms with van der Waals surface area (Å²) in [4.78, 5) is 13.7. The van der Waals surface area contributed by atoms with Gasteiger partial charge >= 0.3 is 0 Å². The highest BCUT2D eigenvalue weighted by molar-refractivity contribution is 6.34. The highest BCUT2D eigenvalue weighted by atomic mass is 35.5. The Bertz CT molecular complexity index is 402. The van der Waals surface area contributed by atoms with Gasteiger partial charge in [0.1, 0.15) is 0 Å². The molecule has 16 heavy (non-hydrogen) atoms. The lowest BCUT2D eigenvalue weighted by molar-refractivity contribution is 0.0766. The predicted octanol–water partition coefficient (Wildman–Crippen LogP) is 1.13. The Hall–Kier alpha value is -1.26. The first-order valence-corrected chi connectivity index (χ1v) is 5.48. The van der Waals surface area contributed by atoms with Crippen molar-refractivity contribution < 1.29 is 9.90 Å². The molecular weight excluding hydrogens is 228 g/mol. The Balaban J connectivity index is 2.27. The first-order valence-electron chi connectivity index (χ1n) is 5.11. The van der Waals surface area contributed by atoms with Crippen LogP contribution in [-0.2, 0) is 0 Å². The molecule has 1 aliphatic heterocycles. The molecule has 1 atom stereocenters.